The van der Waals surface area contributed by atoms with E-state index < -0.39 is 5.97 Å². The summed E-state index contributed by atoms with van der Waals surface area (Å²) in [6.45, 7) is 0.968. The van der Waals surface area contributed by atoms with Crippen LogP contribution in [0.5, 0.6) is 0 Å². The van der Waals surface area contributed by atoms with Gasteiger partial charge in [0.05, 0.1) is 18.2 Å². The molecule has 4 nitrogen and oxygen atoms in total. The first-order valence-electron chi connectivity index (χ1n) is 5.53. The van der Waals surface area contributed by atoms with Crippen molar-refractivity contribution in [1.29, 1.82) is 0 Å². The average molecular weight is 300 g/mol. The second-order valence-corrected chi connectivity index (χ2v) is 5.09. The maximum Gasteiger partial charge on any atom is 0.335 e. The van der Waals surface area contributed by atoms with Gasteiger partial charge >= 0.3 is 5.97 Å². The molecule has 1 aliphatic heterocycles. The second-order valence-electron chi connectivity index (χ2n) is 4.18. The molecular weight excluding hydrogens is 286 g/mol. The predicted molar refractivity (Wildman–Crippen MR) is 68.6 cm³/mol. The number of aliphatic hydroxyl groups excluding tert-OH is 1. The molecule has 0 bridgehead atoms. The minimum absolute atomic E-state index is 0.103. The van der Waals surface area contributed by atoms with Crippen LogP contribution in [0.25, 0.3) is 0 Å². The summed E-state index contributed by atoms with van der Waals surface area (Å²) in [7, 11) is 0. The van der Waals surface area contributed by atoms with Gasteiger partial charge in [-0.05, 0) is 31.0 Å². The quantitative estimate of drug-likeness (QED) is 0.897. The molecule has 0 radical (unpaired) electrons. The number of hydrogen-bond donors (Lipinski definition) is 2. The largest absolute Gasteiger partial charge is 0.478 e. The maximum atomic E-state index is 11.0. The minimum atomic E-state index is -0.938. The molecule has 1 fully saturated rings. The van der Waals surface area contributed by atoms with Gasteiger partial charge in [0, 0.05) is 16.7 Å². The smallest absolute Gasteiger partial charge is 0.335 e. The van der Waals surface area contributed by atoms with Gasteiger partial charge in [-0.2, -0.15) is 0 Å². The number of carboxylic acid groups (broad SMARTS) is 1. The van der Waals surface area contributed by atoms with Gasteiger partial charge in [0.25, 0.3) is 0 Å². The minimum Gasteiger partial charge on any atom is -0.478 e. The summed E-state index contributed by atoms with van der Waals surface area (Å²) in [6, 6.07) is 5.23. The number of anilines is 1. The molecule has 1 saturated heterocycles. The first kappa shape index (κ1) is 12.4. The van der Waals surface area contributed by atoms with Crippen molar-refractivity contribution in [3.63, 3.8) is 0 Å². The van der Waals surface area contributed by atoms with Crippen LogP contribution in [0.15, 0.2) is 22.7 Å². The molecule has 0 spiro atoms. The topological polar surface area (TPSA) is 60.8 Å². The summed E-state index contributed by atoms with van der Waals surface area (Å²) in [6.07, 6.45) is 1.98. The van der Waals surface area contributed by atoms with Crippen molar-refractivity contribution in [3.05, 3.63) is 28.2 Å². The molecule has 1 heterocycles. The van der Waals surface area contributed by atoms with Crippen molar-refractivity contribution in [2.45, 2.75) is 18.9 Å². The average Bonchev–Trinajstić information content (AvgIpc) is 2.76. The molecule has 92 valence electrons. The van der Waals surface area contributed by atoms with E-state index in [4.69, 9.17) is 5.11 Å². The fraction of sp³-hybridized carbons (Fsp3) is 0.417. The monoisotopic (exact) mass is 299 g/mol. The van der Waals surface area contributed by atoms with E-state index in [9.17, 15) is 9.90 Å². The highest BCUT2D eigenvalue weighted by Crippen LogP contribution is 2.29. The Hall–Kier alpha value is -1.07. The van der Waals surface area contributed by atoms with Crippen LogP contribution in [-0.2, 0) is 0 Å². The highest BCUT2D eigenvalue weighted by molar-refractivity contribution is 9.10. The summed E-state index contributed by atoms with van der Waals surface area (Å²) in [5.74, 6) is -0.938. The van der Waals surface area contributed by atoms with Crippen molar-refractivity contribution < 1.29 is 15.0 Å². The van der Waals surface area contributed by atoms with Crippen LogP contribution >= 0.6 is 15.9 Å². The zero-order valence-corrected chi connectivity index (χ0v) is 10.9. The molecule has 0 aromatic heterocycles. The van der Waals surface area contributed by atoms with Gasteiger partial charge in [0.2, 0.25) is 0 Å². The molecule has 0 amide bonds. The van der Waals surface area contributed by atoms with Gasteiger partial charge in [0.15, 0.2) is 0 Å². The first-order chi connectivity index (χ1) is 8.11. The number of carbonyl (C=O) groups is 1. The number of benzene rings is 1. The number of halogens is 1. The summed E-state index contributed by atoms with van der Waals surface area (Å²) in [5, 5.41) is 18.3. The van der Waals surface area contributed by atoms with Crippen LogP contribution in [0.2, 0.25) is 0 Å². The van der Waals surface area contributed by atoms with Crippen molar-refractivity contribution in [1.82, 2.24) is 0 Å². The lowest BCUT2D eigenvalue weighted by Gasteiger charge is -2.25. The predicted octanol–water partition coefficient (Wildman–Crippen LogP) is 2.11. The molecule has 5 heteroatoms. The third kappa shape index (κ3) is 2.61. The normalized spacial score (nSPS) is 19.6. The molecular formula is C12H14BrNO3. The van der Waals surface area contributed by atoms with E-state index in [-0.39, 0.29) is 18.2 Å². The Morgan fingerprint density at radius 1 is 1.47 bits per heavy atom. The van der Waals surface area contributed by atoms with Crippen LogP contribution in [0.4, 0.5) is 5.69 Å². The summed E-state index contributed by atoms with van der Waals surface area (Å²) in [5.41, 5.74) is 1.12. The lowest BCUT2D eigenvalue weighted by Crippen LogP contribution is -2.32. The van der Waals surface area contributed by atoms with E-state index in [0.717, 1.165) is 29.5 Å². The first-order valence-corrected chi connectivity index (χ1v) is 6.32. The van der Waals surface area contributed by atoms with Crippen LogP contribution in [0, 0.1) is 0 Å². The number of nitrogens with zero attached hydrogens (tertiary/aromatic N) is 1. The van der Waals surface area contributed by atoms with Gasteiger partial charge in [-0.25, -0.2) is 4.79 Å². The molecule has 0 saturated carbocycles. The molecule has 1 atom stereocenters. The van der Waals surface area contributed by atoms with Crippen LogP contribution < -0.4 is 4.90 Å². The molecule has 2 rings (SSSR count). The zero-order valence-electron chi connectivity index (χ0n) is 9.27. The fourth-order valence-electron chi connectivity index (χ4n) is 2.23. The van der Waals surface area contributed by atoms with E-state index >= 15 is 0 Å². The Bertz CT molecular complexity index is 436. The maximum absolute atomic E-state index is 11.0. The van der Waals surface area contributed by atoms with Gasteiger partial charge in [-0.3, -0.25) is 0 Å². The second kappa shape index (κ2) is 5.06. The number of carboxylic acids is 1. The van der Waals surface area contributed by atoms with E-state index in [1.165, 1.54) is 0 Å². The van der Waals surface area contributed by atoms with Crippen molar-refractivity contribution in [2.75, 3.05) is 18.1 Å². The lowest BCUT2D eigenvalue weighted by molar-refractivity contribution is 0.0697. The SMILES string of the molecule is O=C(O)c1cc(Br)cc(N2CCC[C@@H]2CO)c1. The van der Waals surface area contributed by atoms with E-state index in [0.29, 0.717) is 0 Å². The summed E-state index contributed by atoms with van der Waals surface area (Å²) >= 11 is 3.32. The number of rotatable bonds is 3. The van der Waals surface area contributed by atoms with E-state index in [2.05, 4.69) is 20.8 Å². The van der Waals surface area contributed by atoms with Crippen molar-refractivity contribution in [2.24, 2.45) is 0 Å². The number of aliphatic hydroxyl groups is 1. The molecule has 2 N–H and O–H groups in total. The molecule has 0 unspecified atom stereocenters. The number of hydrogen-bond acceptors (Lipinski definition) is 3. The summed E-state index contributed by atoms with van der Waals surface area (Å²) < 4.78 is 0.746. The summed E-state index contributed by atoms with van der Waals surface area (Å²) in [4.78, 5) is 13.0. The fourth-order valence-corrected chi connectivity index (χ4v) is 2.71. The van der Waals surface area contributed by atoms with Crippen molar-refractivity contribution in [3.8, 4) is 0 Å². The van der Waals surface area contributed by atoms with Crippen LogP contribution in [0.3, 0.4) is 0 Å². The third-order valence-corrected chi connectivity index (χ3v) is 3.51. The molecule has 17 heavy (non-hydrogen) atoms. The number of aromatic carboxylic acids is 1. The van der Waals surface area contributed by atoms with Gasteiger partial charge in [0.1, 0.15) is 0 Å². The molecule has 1 aliphatic rings. The van der Waals surface area contributed by atoms with Crippen molar-refractivity contribution >= 4 is 27.6 Å². The Kier molecular flexibility index (Phi) is 3.69. The molecule has 1 aromatic carbocycles. The van der Waals surface area contributed by atoms with Gasteiger partial charge < -0.3 is 15.1 Å². The molecule has 1 aromatic rings. The van der Waals surface area contributed by atoms with Gasteiger partial charge in [-0.15, -0.1) is 0 Å². The standard InChI is InChI=1S/C12H14BrNO3/c13-9-4-8(12(16)17)5-11(6-9)14-3-1-2-10(14)7-15/h4-6,10,15H,1-3,7H2,(H,16,17)/t10-/m1/s1. The Morgan fingerprint density at radius 3 is 2.88 bits per heavy atom. The molecule has 0 aliphatic carbocycles. The Labute approximate surface area is 108 Å². The van der Waals surface area contributed by atoms with E-state index in [1.807, 2.05) is 6.07 Å². The van der Waals surface area contributed by atoms with Gasteiger partial charge in [-0.1, -0.05) is 15.9 Å². The Morgan fingerprint density at radius 2 is 2.24 bits per heavy atom. The van der Waals surface area contributed by atoms with Crippen LogP contribution in [0.1, 0.15) is 23.2 Å². The Balaban J connectivity index is 2.34. The zero-order chi connectivity index (χ0) is 12.4. The van der Waals surface area contributed by atoms with Crippen LogP contribution in [-0.4, -0.2) is 35.4 Å². The third-order valence-electron chi connectivity index (χ3n) is 3.05. The highest BCUT2D eigenvalue weighted by atomic mass is 79.9. The lowest BCUT2D eigenvalue weighted by atomic mass is 10.1. The highest BCUT2D eigenvalue weighted by Gasteiger charge is 2.24. The van der Waals surface area contributed by atoms with E-state index in [1.54, 1.807) is 12.1 Å².